The summed E-state index contributed by atoms with van der Waals surface area (Å²) < 4.78 is 36.6. The number of piperazine rings is 1. The molecule has 0 amide bonds. The summed E-state index contributed by atoms with van der Waals surface area (Å²) in [6, 6.07) is 3.52. The van der Waals surface area contributed by atoms with Gasteiger partial charge < -0.3 is 14.4 Å². The zero-order chi connectivity index (χ0) is 27.9. The van der Waals surface area contributed by atoms with Crippen LogP contribution in [0.3, 0.4) is 0 Å². The van der Waals surface area contributed by atoms with Gasteiger partial charge in [0.05, 0.1) is 34.6 Å². The van der Waals surface area contributed by atoms with Crippen molar-refractivity contribution < 1.29 is 17.9 Å². The van der Waals surface area contributed by atoms with Gasteiger partial charge in [-0.05, 0) is 13.0 Å². The van der Waals surface area contributed by atoms with Crippen molar-refractivity contribution in [3.63, 3.8) is 0 Å². The summed E-state index contributed by atoms with van der Waals surface area (Å²) in [7, 11) is -1.69. The summed E-state index contributed by atoms with van der Waals surface area (Å²) in [5.41, 5.74) is 9.34. The Hall–Kier alpha value is -3.23. The maximum Gasteiger partial charge on any atom is 0.225 e. The highest BCUT2D eigenvalue weighted by Gasteiger charge is 2.25. The van der Waals surface area contributed by atoms with Crippen LogP contribution >= 0.6 is 23.2 Å². The third kappa shape index (κ3) is 5.45. The second-order valence-electron chi connectivity index (χ2n) is 9.00. The molecule has 0 spiro atoms. The lowest BCUT2D eigenvalue weighted by atomic mass is 10.1. The summed E-state index contributed by atoms with van der Waals surface area (Å²) in [6.07, 6.45) is 5.06. The fraction of sp³-hybridized carbons (Fsp3) is 0.333. The molecular weight excluding hydrogens is 567 g/mol. The maximum absolute atomic E-state index is 11.8. The number of fused-ring (bicyclic) bond motifs is 1. The summed E-state index contributed by atoms with van der Waals surface area (Å²) >= 11 is 12.7. The molecule has 1 aromatic carbocycles. The number of pyridine rings is 1. The van der Waals surface area contributed by atoms with E-state index in [4.69, 9.17) is 38.4 Å². The van der Waals surface area contributed by atoms with E-state index in [0.29, 0.717) is 76.7 Å². The first-order chi connectivity index (χ1) is 18.6. The molecule has 0 radical (unpaired) electrons. The van der Waals surface area contributed by atoms with Crippen LogP contribution in [0.5, 0.6) is 11.5 Å². The van der Waals surface area contributed by atoms with Gasteiger partial charge in [0.15, 0.2) is 17.7 Å². The number of aryl methyl sites for hydroxylation is 1. The van der Waals surface area contributed by atoms with E-state index in [-0.39, 0.29) is 5.02 Å². The first-order valence-corrected chi connectivity index (χ1v) is 14.5. The van der Waals surface area contributed by atoms with E-state index in [1.54, 1.807) is 31.5 Å². The molecule has 12 nitrogen and oxygen atoms in total. The van der Waals surface area contributed by atoms with Crippen molar-refractivity contribution in [3.05, 3.63) is 52.0 Å². The molecule has 1 aliphatic heterocycles. The molecule has 1 aliphatic rings. The number of hydrogen-bond acceptors (Lipinski definition) is 10. The van der Waals surface area contributed by atoms with E-state index in [9.17, 15) is 8.42 Å². The number of ether oxygens (including phenoxy) is 2. The number of hydrogen-bond donors (Lipinski definition) is 2. The molecule has 1 atom stereocenters. The average Bonchev–Trinajstić information content (AvgIpc) is 3.33. The number of aromatic nitrogens is 5. The van der Waals surface area contributed by atoms with Crippen LogP contribution in [0, 0.1) is 6.92 Å². The minimum absolute atomic E-state index is 0.289. The molecule has 3 N–H and O–H groups in total. The van der Waals surface area contributed by atoms with Crippen LogP contribution in [0.15, 0.2) is 30.7 Å². The molecule has 1 saturated heterocycles. The molecule has 1 fully saturated rings. The number of sulfonamides is 1. The fourth-order valence-electron chi connectivity index (χ4n) is 4.36. The predicted molar refractivity (Wildman–Crippen MR) is 149 cm³/mol. The van der Waals surface area contributed by atoms with Crippen LogP contribution in [-0.4, -0.2) is 77.4 Å². The van der Waals surface area contributed by atoms with Gasteiger partial charge >= 0.3 is 0 Å². The van der Waals surface area contributed by atoms with Gasteiger partial charge in [0.25, 0.3) is 0 Å². The van der Waals surface area contributed by atoms with Crippen molar-refractivity contribution in [2.75, 3.05) is 44.4 Å². The van der Waals surface area contributed by atoms with Crippen LogP contribution in [0.4, 0.5) is 5.95 Å². The zero-order valence-electron chi connectivity index (χ0n) is 21.4. The Balaban J connectivity index is 1.41. The Kier molecular flexibility index (Phi) is 7.53. The predicted octanol–water partition coefficient (Wildman–Crippen LogP) is 3.16. The van der Waals surface area contributed by atoms with Gasteiger partial charge in [-0.15, -0.1) is 0 Å². The monoisotopic (exact) mass is 592 g/mol. The average molecular weight is 593 g/mol. The molecule has 15 heteroatoms. The van der Waals surface area contributed by atoms with Gasteiger partial charge in [0.2, 0.25) is 16.0 Å². The van der Waals surface area contributed by atoms with Crippen LogP contribution in [0.1, 0.15) is 17.5 Å². The number of aromatic amines is 1. The van der Waals surface area contributed by atoms with Crippen LogP contribution in [0.25, 0.3) is 22.2 Å². The molecule has 39 heavy (non-hydrogen) atoms. The van der Waals surface area contributed by atoms with E-state index >= 15 is 0 Å². The second kappa shape index (κ2) is 10.7. The number of nitrogens with two attached hydrogens (primary N) is 1. The van der Waals surface area contributed by atoms with Crippen molar-refractivity contribution >= 4 is 50.1 Å². The summed E-state index contributed by atoms with van der Waals surface area (Å²) in [5.74, 6) is 1.32. The molecule has 4 aromatic rings. The fourth-order valence-corrected chi connectivity index (χ4v) is 5.74. The number of anilines is 1. The zero-order valence-corrected chi connectivity index (χ0v) is 23.7. The smallest absolute Gasteiger partial charge is 0.225 e. The number of methoxy groups -OCH3 is 1. The Morgan fingerprint density at radius 3 is 2.38 bits per heavy atom. The van der Waals surface area contributed by atoms with Crippen LogP contribution in [0.2, 0.25) is 10.0 Å². The molecule has 0 aliphatic carbocycles. The third-order valence-electron chi connectivity index (χ3n) is 6.47. The van der Waals surface area contributed by atoms with E-state index in [1.165, 1.54) is 23.9 Å². The highest BCUT2D eigenvalue weighted by atomic mass is 35.5. The summed E-state index contributed by atoms with van der Waals surface area (Å²) in [4.78, 5) is 15.1. The molecule has 0 saturated carbocycles. The van der Waals surface area contributed by atoms with E-state index in [0.717, 1.165) is 5.39 Å². The number of nitrogens with one attached hydrogen (secondary N) is 1. The number of nitrogens with zero attached hydrogens (tertiary/aromatic N) is 6. The van der Waals surface area contributed by atoms with Crippen molar-refractivity contribution in [3.8, 4) is 22.8 Å². The van der Waals surface area contributed by atoms with E-state index < -0.39 is 16.3 Å². The lowest BCUT2D eigenvalue weighted by molar-refractivity contribution is 0.204. The SMILES string of the molecule is COc1cc2[nH]nc(-c3cnc(N4CCN(S(C)(=O)=O)CC4)nc3)c2cc1O[C@H](N)c1c(Cl)cnc(C)c1Cl. The van der Waals surface area contributed by atoms with Crippen LogP contribution < -0.4 is 20.1 Å². The molecule has 5 rings (SSSR count). The molecular formula is C24H26Cl2N8O4S. The Bertz CT molecular complexity index is 1620. The summed E-state index contributed by atoms with van der Waals surface area (Å²) in [5, 5.41) is 8.81. The van der Waals surface area contributed by atoms with Crippen LogP contribution in [-0.2, 0) is 10.0 Å². The van der Waals surface area contributed by atoms with Crippen molar-refractivity contribution in [2.45, 2.75) is 13.2 Å². The van der Waals surface area contributed by atoms with Gasteiger partial charge in [-0.1, -0.05) is 23.2 Å². The maximum atomic E-state index is 11.8. The Labute approximate surface area is 235 Å². The topological polar surface area (TPSA) is 152 Å². The van der Waals surface area contributed by atoms with Crippen molar-refractivity contribution in [1.82, 2.24) is 29.5 Å². The molecule has 3 aromatic heterocycles. The van der Waals surface area contributed by atoms with Gasteiger partial charge in [-0.3, -0.25) is 15.8 Å². The van der Waals surface area contributed by atoms with Crippen molar-refractivity contribution in [2.24, 2.45) is 5.73 Å². The number of H-pyrrole nitrogens is 1. The quantitative estimate of drug-likeness (QED) is 0.306. The largest absolute Gasteiger partial charge is 0.493 e. The van der Waals surface area contributed by atoms with E-state index in [2.05, 4.69) is 25.1 Å². The highest BCUT2D eigenvalue weighted by molar-refractivity contribution is 7.88. The molecule has 0 unspecified atom stereocenters. The highest BCUT2D eigenvalue weighted by Crippen LogP contribution is 2.39. The van der Waals surface area contributed by atoms with Gasteiger partial charge in [-0.2, -0.15) is 9.40 Å². The first kappa shape index (κ1) is 27.3. The standard InChI is InChI=1S/C24H26Cl2N8O4S/c1-13-21(26)20(16(25)12-28-13)23(27)38-19-8-15-17(9-18(19)37-2)31-32-22(15)14-10-29-24(30-11-14)33-4-6-34(7-5-33)39(3,35)36/h8-12,23H,4-7,27H2,1-3H3,(H,31,32)/t23-/m0/s1. The van der Waals surface area contributed by atoms with Crippen molar-refractivity contribution in [1.29, 1.82) is 0 Å². The van der Waals surface area contributed by atoms with E-state index in [1.807, 2.05) is 4.90 Å². The lowest BCUT2D eigenvalue weighted by Gasteiger charge is -2.33. The minimum Gasteiger partial charge on any atom is -0.493 e. The normalized spacial score (nSPS) is 15.5. The number of halogens is 2. The lowest BCUT2D eigenvalue weighted by Crippen LogP contribution is -2.48. The van der Waals surface area contributed by atoms with Gasteiger partial charge in [0.1, 0.15) is 5.69 Å². The summed E-state index contributed by atoms with van der Waals surface area (Å²) in [6.45, 7) is 3.53. The Morgan fingerprint density at radius 2 is 1.74 bits per heavy atom. The van der Waals surface area contributed by atoms with Gasteiger partial charge in [-0.25, -0.2) is 18.4 Å². The minimum atomic E-state index is -3.22. The second-order valence-corrected chi connectivity index (χ2v) is 11.8. The first-order valence-electron chi connectivity index (χ1n) is 11.9. The number of benzene rings is 1. The molecule has 0 bridgehead atoms. The Morgan fingerprint density at radius 1 is 1.05 bits per heavy atom. The number of rotatable bonds is 7. The molecule has 206 valence electrons. The third-order valence-corrected chi connectivity index (χ3v) is 8.55. The van der Waals surface area contributed by atoms with Gasteiger partial charge in [0, 0.05) is 67.3 Å². The molecule has 4 heterocycles.